The lowest BCUT2D eigenvalue weighted by molar-refractivity contribution is 0.600. The molecule has 2 N–H and O–H groups in total. The van der Waals surface area contributed by atoms with Gasteiger partial charge in [-0.05, 0) is 11.6 Å². The van der Waals surface area contributed by atoms with E-state index in [-0.39, 0.29) is 23.8 Å². The molecule has 0 unspecified atom stereocenters. The first-order valence-electron chi connectivity index (χ1n) is 3.38. The van der Waals surface area contributed by atoms with Gasteiger partial charge in [-0.25, -0.2) is 8.42 Å². The molecule has 0 saturated carbocycles. The van der Waals surface area contributed by atoms with E-state index in [2.05, 4.69) is 4.98 Å². The van der Waals surface area contributed by atoms with Gasteiger partial charge in [0.1, 0.15) is 0 Å². The Morgan fingerprint density at radius 3 is 2.54 bits per heavy atom. The second-order valence-corrected chi connectivity index (χ2v) is 4.44. The highest BCUT2D eigenvalue weighted by Crippen LogP contribution is 2.12. The van der Waals surface area contributed by atoms with Gasteiger partial charge >= 0.3 is 0 Å². The topological polar surface area (TPSA) is 73.0 Å². The Kier molecular flexibility index (Phi) is 4.32. The molecule has 1 aromatic heterocycles. The Labute approximate surface area is 83.5 Å². The highest BCUT2D eigenvalue weighted by molar-refractivity contribution is 7.90. The molecule has 0 spiro atoms. The fourth-order valence-corrected chi connectivity index (χ4v) is 1.79. The average molecular weight is 223 g/mol. The van der Waals surface area contributed by atoms with Crippen LogP contribution in [0, 0.1) is 0 Å². The number of nitrogens with zero attached hydrogens (tertiary/aromatic N) is 1. The lowest BCUT2D eigenvalue weighted by atomic mass is 10.3. The van der Waals surface area contributed by atoms with Gasteiger partial charge in [-0.2, -0.15) is 0 Å². The first-order chi connectivity index (χ1) is 5.55. The van der Waals surface area contributed by atoms with Crippen molar-refractivity contribution >= 4 is 22.2 Å². The summed E-state index contributed by atoms with van der Waals surface area (Å²) in [4.78, 5) is 3.94. The van der Waals surface area contributed by atoms with E-state index < -0.39 is 9.84 Å². The maximum absolute atomic E-state index is 11.1. The molecule has 1 rings (SSSR count). The van der Waals surface area contributed by atoms with Gasteiger partial charge in [0.05, 0.1) is 4.90 Å². The fourth-order valence-electron chi connectivity index (χ4n) is 0.911. The quantitative estimate of drug-likeness (QED) is 0.785. The monoisotopic (exact) mass is 222 g/mol. The first-order valence-corrected chi connectivity index (χ1v) is 5.28. The van der Waals surface area contributed by atoms with Crippen LogP contribution in [0.1, 0.15) is 5.56 Å². The summed E-state index contributed by atoms with van der Waals surface area (Å²) >= 11 is 0. The van der Waals surface area contributed by atoms with E-state index in [0.717, 1.165) is 6.26 Å². The Morgan fingerprint density at radius 2 is 2.15 bits per heavy atom. The van der Waals surface area contributed by atoms with Crippen molar-refractivity contribution < 1.29 is 8.42 Å². The van der Waals surface area contributed by atoms with Crippen molar-refractivity contribution in [3.8, 4) is 0 Å². The van der Waals surface area contributed by atoms with Crippen LogP contribution in [0.5, 0.6) is 0 Å². The highest BCUT2D eigenvalue weighted by Gasteiger charge is 2.11. The molecule has 0 saturated heterocycles. The third kappa shape index (κ3) is 2.95. The lowest BCUT2D eigenvalue weighted by Gasteiger charge is -2.02. The minimum absolute atomic E-state index is 0. The molecular formula is C7H11ClN2O2S. The molecular weight excluding hydrogens is 212 g/mol. The zero-order chi connectivity index (χ0) is 9.19. The number of aromatic nitrogens is 1. The zero-order valence-electron chi connectivity index (χ0n) is 7.10. The Hall–Kier alpha value is -0.650. The third-order valence-corrected chi connectivity index (χ3v) is 2.66. The summed E-state index contributed by atoms with van der Waals surface area (Å²) in [5.41, 5.74) is 5.96. The minimum Gasteiger partial charge on any atom is -0.326 e. The van der Waals surface area contributed by atoms with Crippen LogP contribution in [0.2, 0.25) is 0 Å². The SMILES string of the molecule is CS(=O)(=O)c1cnccc1CN.Cl. The van der Waals surface area contributed by atoms with Crippen molar-refractivity contribution in [1.82, 2.24) is 4.98 Å². The van der Waals surface area contributed by atoms with Gasteiger partial charge in [0.2, 0.25) is 0 Å². The van der Waals surface area contributed by atoms with Crippen LogP contribution in [0.4, 0.5) is 0 Å². The van der Waals surface area contributed by atoms with Crippen molar-refractivity contribution in [2.24, 2.45) is 5.73 Å². The van der Waals surface area contributed by atoms with Gasteiger partial charge < -0.3 is 5.73 Å². The molecule has 0 aromatic carbocycles. The van der Waals surface area contributed by atoms with Gasteiger partial charge in [0.25, 0.3) is 0 Å². The number of hydrogen-bond acceptors (Lipinski definition) is 4. The molecule has 0 atom stereocenters. The summed E-state index contributed by atoms with van der Waals surface area (Å²) in [6.45, 7) is 0.213. The Morgan fingerprint density at radius 1 is 1.54 bits per heavy atom. The first kappa shape index (κ1) is 12.3. The Balaban J connectivity index is 0.00000144. The lowest BCUT2D eigenvalue weighted by Crippen LogP contribution is -2.06. The molecule has 6 heteroatoms. The van der Waals surface area contributed by atoms with Crippen molar-refractivity contribution in [3.63, 3.8) is 0 Å². The maximum Gasteiger partial charge on any atom is 0.177 e. The van der Waals surface area contributed by atoms with Crippen LogP contribution in [-0.4, -0.2) is 19.7 Å². The van der Waals surface area contributed by atoms with E-state index >= 15 is 0 Å². The number of hydrogen-bond donors (Lipinski definition) is 1. The number of sulfone groups is 1. The predicted molar refractivity (Wildman–Crippen MR) is 52.5 cm³/mol. The number of halogens is 1. The minimum atomic E-state index is -3.19. The fraction of sp³-hybridized carbons (Fsp3) is 0.286. The Bertz CT molecular complexity index is 378. The molecule has 0 aliphatic carbocycles. The van der Waals surface area contributed by atoms with E-state index in [1.807, 2.05) is 0 Å². The molecule has 0 aliphatic rings. The molecule has 0 bridgehead atoms. The summed E-state index contributed by atoms with van der Waals surface area (Å²) in [5, 5.41) is 0. The van der Waals surface area contributed by atoms with E-state index in [1.54, 1.807) is 6.07 Å². The molecule has 0 aliphatic heterocycles. The molecule has 0 amide bonds. The smallest absolute Gasteiger partial charge is 0.177 e. The number of pyridine rings is 1. The van der Waals surface area contributed by atoms with Gasteiger partial charge in [-0.3, -0.25) is 4.98 Å². The van der Waals surface area contributed by atoms with Crippen molar-refractivity contribution in [2.45, 2.75) is 11.4 Å². The van der Waals surface area contributed by atoms with E-state index in [0.29, 0.717) is 5.56 Å². The molecule has 4 nitrogen and oxygen atoms in total. The van der Waals surface area contributed by atoms with Crippen molar-refractivity contribution in [3.05, 3.63) is 24.0 Å². The highest BCUT2D eigenvalue weighted by atomic mass is 35.5. The van der Waals surface area contributed by atoms with Gasteiger partial charge in [-0.15, -0.1) is 12.4 Å². The van der Waals surface area contributed by atoms with Gasteiger partial charge in [0.15, 0.2) is 9.84 Å². The summed E-state index contributed by atoms with van der Waals surface area (Å²) in [5.74, 6) is 0. The molecule has 0 radical (unpaired) electrons. The number of nitrogens with two attached hydrogens (primary N) is 1. The largest absolute Gasteiger partial charge is 0.326 e. The molecule has 74 valence electrons. The summed E-state index contributed by atoms with van der Waals surface area (Å²) < 4.78 is 22.2. The van der Waals surface area contributed by atoms with Crippen molar-refractivity contribution in [2.75, 3.05) is 6.26 Å². The predicted octanol–water partition coefficient (Wildman–Crippen LogP) is 0.366. The number of rotatable bonds is 2. The van der Waals surface area contributed by atoms with Crippen LogP contribution in [0.3, 0.4) is 0 Å². The van der Waals surface area contributed by atoms with Gasteiger partial charge in [-0.1, -0.05) is 0 Å². The average Bonchev–Trinajstić information content (AvgIpc) is 2.03. The van der Waals surface area contributed by atoms with Crippen LogP contribution in [0.15, 0.2) is 23.4 Å². The van der Waals surface area contributed by atoms with Gasteiger partial charge in [0, 0.05) is 25.2 Å². The van der Waals surface area contributed by atoms with Crippen LogP contribution < -0.4 is 5.73 Å². The van der Waals surface area contributed by atoms with E-state index in [1.165, 1.54) is 12.4 Å². The maximum atomic E-state index is 11.1. The summed E-state index contributed by atoms with van der Waals surface area (Å²) in [7, 11) is -3.19. The van der Waals surface area contributed by atoms with E-state index in [9.17, 15) is 8.42 Å². The third-order valence-electron chi connectivity index (χ3n) is 1.49. The molecule has 1 heterocycles. The zero-order valence-corrected chi connectivity index (χ0v) is 8.73. The summed E-state index contributed by atoms with van der Waals surface area (Å²) in [6.07, 6.45) is 3.98. The molecule has 0 fully saturated rings. The summed E-state index contributed by atoms with van der Waals surface area (Å²) in [6, 6.07) is 1.61. The second-order valence-electron chi connectivity index (χ2n) is 2.46. The normalized spacial score (nSPS) is 10.6. The van der Waals surface area contributed by atoms with Crippen molar-refractivity contribution in [1.29, 1.82) is 0 Å². The van der Waals surface area contributed by atoms with Crippen LogP contribution in [-0.2, 0) is 16.4 Å². The standard InChI is InChI=1S/C7H10N2O2S.ClH/c1-12(10,11)7-5-9-3-2-6(7)4-8;/h2-3,5H,4,8H2,1H3;1H. The van der Waals surface area contributed by atoms with Crippen LogP contribution in [0.25, 0.3) is 0 Å². The molecule has 1 aromatic rings. The molecule has 13 heavy (non-hydrogen) atoms. The van der Waals surface area contributed by atoms with Crippen LogP contribution >= 0.6 is 12.4 Å². The second kappa shape index (κ2) is 4.55. The van der Waals surface area contributed by atoms with E-state index in [4.69, 9.17) is 5.73 Å².